The first-order valence-electron chi connectivity index (χ1n) is 8.27. The van der Waals surface area contributed by atoms with Gasteiger partial charge in [0.1, 0.15) is 0 Å². The molecule has 6 heteroatoms. The highest BCUT2D eigenvalue weighted by molar-refractivity contribution is 5.89. The number of nitrogens with one attached hydrogen (secondary N) is 1. The molecule has 0 heterocycles. The Morgan fingerprint density at radius 2 is 1.69 bits per heavy atom. The van der Waals surface area contributed by atoms with Crippen LogP contribution in [0.2, 0.25) is 0 Å². The lowest BCUT2D eigenvalue weighted by atomic mass is 9.87. The molecule has 0 saturated heterocycles. The van der Waals surface area contributed by atoms with Crippen molar-refractivity contribution >= 4 is 11.9 Å². The molecule has 26 heavy (non-hydrogen) atoms. The molecule has 2 aromatic carbocycles. The zero-order valence-corrected chi connectivity index (χ0v) is 15.1. The summed E-state index contributed by atoms with van der Waals surface area (Å²) in [6.07, 6.45) is 0.256. The molecule has 0 bridgehead atoms. The molecular weight excluding hydrogens is 334 g/mol. The van der Waals surface area contributed by atoms with Crippen molar-refractivity contribution in [3.8, 4) is 11.5 Å². The number of hydrogen-bond donors (Lipinski definition) is 2. The summed E-state index contributed by atoms with van der Waals surface area (Å²) in [6.45, 7) is 1.73. The van der Waals surface area contributed by atoms with Crippen molar-refractivity contribution in [2.24, 2.45) is 0 Å². The van der Waals surface area contributed by atoms with Crippen molar-refractivity contribution in [1.82, 2.24) is 5.32 Å². The predicted molar refractivity (Wildman–Crippen MR) is 97.4 cm³/mol. The normalized spacial score (nSPS) is 12.7. The molecule has 138 valence electrons. The van der Waals surface area contributed by atoms with Crippen LogP contribution >= 0.6 is 0 Å². The Labute approximate surface area is 152 Å². The van der Waals surface area contributed by atoms with Crippen LogP contribution in [0.25, 0.3) is 0 Å². The van der Waals surface area contributed by atoms with Crippen molar-refractivity contribution in [3.05, 3.63) is 59.7 Å². The minimum atomic E-state index is -1.46. The van der Waals surface area contributed by atoms with Crippen LogP contribution in [0.5, 0.6) is 11.5 Å². The Hall–Kier alpha value is -3.02. The van der Waals surface area contributed by atoms with Gasteiger partial charge in [-0.05, 0) is 29.7 Å². The van der Waals surface area contributed by atoms with Crippen molar-refractivity contribution in [3.63, 3.8) is 0 Å². The second-order valence-corrected chi connectivity index (χ2v) is 5.84. The summed E-state index contributed by atoms with van der Waals surface area (Å²) in [7, 11) is 3.05. The fraction of sp³-hybridized carbons (Fsp3) is 0.300. The minimum absolute atomic E-state index is 0.0300. The number of carbonyl (C=O) groups excluding carboxylic acids is 1. The number of benzene rings is 2. The molecule has 0 aliphatic heterocycles. The smallest absolute Gasteiger partial charge is 0.334 e. The van der Waals surface area contributed by atoms with Gasteiger partial charge < -0.3 is 19.9 Å². The van der Waals surface area contributed by atoms with Crippen molar-refractivity contribution in [2.75, 3.05) is 14.2 Å². The van der Waals surface area contributed by atoms with Gasteiger partial charge in [0, 0.05) is 0 Å². The van der Waals surface area contributed by atoms with Gasteiger partial charge in [0.15, 0.2) is 17.0 Å². The number of methoxy groups -OCH3 is 2. The first-order chi connectivity index (χ1) is 12.5. The van der Waals surface area contributed by atoms with Gasteiger partial charge in [0.25, 0.3) is 0 Å². The SMILES string of the molecule is CCC(NC(=O)Cc1ccc(OC)c(OC)c1)(C(=O)O)c1ccccc1. The van der Waals surface area contributed by atoms with Crippen LogP contribution in [0.15, 0.2) is 48.5 Å². The average Bonchev–Trinajstić information content (AvgIpc) is 2.66. The fourth-order valence-electron chi connectivity index (χ4n) is 2.87. The molecule has 0 radical (unpaired) electrons. The van der Waals surface area contributed by atoms with Crippen LogP contribution in [0, 0.1) is 0 Å². The predicted octanol–water partition coefficient (Wildman–Crippen LogP) is 2.75. The van der Waals surface area contributed by atoms with Crippen LogP contribution in [0.4, 0.5) is 0 Å². The maximum absolute atomic E-state index is 12.6. The second kappa shape index (κ2) is 8.38. The Kier molecular flexibility index (Phi) is 6.22. The van der Waals surface area contributed by atoms with E-state index in [9.17, 15) is 14.7 Å². The van der Waals surface area contributed by atoms with Gasteiger partial charge in [0.2, 0.25) is 5.91 Å². The number of amides is 1. The Balaban J connectivity index is 2.24. The number of aliphatic carboxylic acids is 1. The number of ether oxygens (including phenoxy) is 2. The van der Waals surface area contributed by atoms with E-state index in [-0.39, 0.29) is 18.7 Å². The lowest BCUT2D eigenvalue weighted by Crippen LogP contribution is -2.52. The number of carbonyl (C=O) groups is 2. The first-order valence-corrected chi connectivity index (χ1v) is 8.27. The summed E-state index contributed by atoms with van der Waals surface area (Å²) in [5, 5.41) is 12.5. The third-order valence-electron chi connectivity index (χ3n) is 4.33. The molecule has 6 nitrogen and oxygen atoms in total. The quantitative estimate of drug-likeness (QED) is 0.759. The third-order valence-corrected chi connectivity index (χ3v) is 4.33. The summed E-state index contributed by atoms with van der Waals surface area (Å²) in [4.78, 5) is 24.5. The summed E-state index contributed by atoms with van der Waals surface area (Å²) in [5.74, 6) is -0.396. The summed E-state index contributed by atoms with van der Waals surface area (Å²) in [5.41, 5.74) is -0.228. The summed E-state index contributed by atoms with van der Waals surface area (Å²) in [6, 6.07) is 13.9. The van der Waals surface area contributed by atoms with Crippen LogP contribution in [-0.2, 0) is 21.5 Å². The minimum Gasteiger partial charge on any atom is -0.493 e. The molecule has 0 spiro atoms. The van der Waals surface area contributed by atoms with Gasteiger partial charge >= 0.3 is 5.97 Å². The van der Waals surface area contributed by atoms with E-state index in [0.717, 1.165) is 0 Å². The molecule has 0 aliphatic carbocycles. The van der Waals surface area contributed by atoms with Gasteiger partial charge in [-0.15, -0.1) is 0 Å². The molecule has 0 aromatic heterocycles. The van der Waals surface area contributed by atoms with E-state index < -0.39 is 11.5 Å². The van der Waals surface area contributed by atoms with E-state index in [0.29, 0.717) is 22.6 Å². The molecule has 2 N–H and O–H groups in total. The summed E-state index contributed by atoms with van der Waals surface area (Å²) < 4.78 is 10.4. The standard InChI is InChI=1S/C20H23NO5/c1-4-20(19(23)24,15-8-6-5-7-9-15)21-18(22)13-14-10-11-16(25-2)17(12-14)26-3/h5-12H,4,13H2,1-3H3,(H,21,22)(H,23,24). The van der Waals surface area contributed by atoms with Gasteiger partial charge in [-0.1, -0.05) is 43.3 Å². The van der Waals surface area contributed by atoms with E-state index >= 15 is 0 Å². The highest BCUT2D eigenvalue weighted by Gasteiger charge is 2.40. The van der Waals surface area contributed by atoms with E-state index in [2.05, 4.69) is 5.32 Å². The maximum atomic E-state index is 12.6. The van der Waals surface area contributed by atoms with E-state index in [1.807, 2.05) is 0 Å². The van der Waals surface area contributed by atoms with Gasteiger partial charge in [-0.3, -0.25) is 4.79 Å². The molecule has 2 aromatic rings. The zero-order valence-electron chi connectivity index (χ0n) is 15.1. The topological polar surface area (TPSA) is 84.9 Å². The highest BCUT2D eigenvalue weighted by Crippen LogP contribution is 2.29. The van der Waals surface area contributed by atoms with Crippen molar-refractivity contribution in [1.29, 1.82) is 0 Å². The summed E-state index contributed by atoms with van der Waals surface area (Å²) >= 11 is 0. The van der Waals surface area contributed by atoms with Crippen LogP contribution < -0.4 is 14.8 Å². The van der Waals surface area contributed by atoms with Gasteiger partial charge in [-0.2, -0.15) is 0 Å². The number of rotatable bonds is 8. The molecule has 2 rings (SSSR count). The number of hydrogen-bond acceptors (Lipinski definition) is 4. The Morgan fingerprint density at radius 3 is 2.23 bits per heavy atom. The van der Waals surface area contributed by atoms with Crippen molar-refractivity contribution < 1.29 is 24.2 Å². The van der Waals surface area contributed by atoms with E-state index in [4.69, 9.17) is 9.47 Å². The number of carboxylic acid groups (broad SMARTS) is 1. The van der Waals surface area contributed by atoms with E-state index in [1.54, 1.807) is 55.5 Å². The Bertz CT molecular complexity index is 775. The molecule has 0 fully saturated rings. The molecule has 0 saturated carbocycles. The fourth-order valence-corrected chi connectivity index (χ4v) is 2.87. The monoisotopic (exact) mass is 357 g/mol. The van der Waals surface area contributed by atoms with Crippen LogP contribution in [-0.4, -0.2) is 31.2 Å². The lowest BCUT2D eigenvalue weighted by molar-refractivity contribution is -0.148. The third kappa shape index (κ3) is 3.96. The molecular formula is C20H23NO5. The zero-order chi connectivity index (χ0) is 19.2. The van der Waals surface area contributed by atoms with Gasteiger partial charge in [-0.25, -0.2) is 4.79 Å². The molecule has 1 amide bonds. The van der Waals surface area contributed by atoms with Crippen LogP contribution in [0.1, 0.15) is 24.5 Å². The van der Waals surface area contributed by atoms with E-state index in [1.165, 1.54) is 14.2 Å². The second-order valence-electron chi connectivity index (χ2n) is 5.84. The average molecular weight is 357 g/mol. The number of carboxylic acids is 1. The van der Waals surface area contributed by atoms with Crippen molar-refractivity contribution in [2.45, 2.75) is 25.3 Å². The van der Waals surface area contributed by atoms with Gasteiger partial charge in [0.05, 0.1) is 20.6 Å². The Morgan fingerprint density at radius 1 is 1.04 bits per heavy atom. The molecule has 1 unspecified atom stereocenters. The highest BCUT2D eigenvalue weighted by atomic mass is 16.5. The first kappa shape index (κ1) is 19.3. The molecule has 1 atom stereocenters. The maximum Gasteiger partial charge on any atom is 0.334 e. The largest absolute Gasteiger partial charge is 0.493 e. The molecule has 0 aliphatic rings. The van der Waals surface area contributed by atoms with Crippen LogP contribution in [0.3, 0.4) is 0 Å². The lowest BCUT2D eigenvalue weighted by Gasteiger charge is -2.30.